The third-order valence-corrected chi connectivity index (χ3v) is 3.55. The number of rotatable bonds is 2. The number of nitrogens with zero attached hydrogens (tertiary/aromatic N) is 2. The van der Waals surface area contributed by atoms with E-state index in [0.717, 1.165) is 28.8 Å². The number of benzene rings is 1. The van der Waals surface area contributed by atoms with E-state index in [-0.39, 0.29) is 11.2 Å². The van der Waals surface area contributed by atoms with Gasteiger partial charge in [-0.1, -0.05) is 13.8 Å². The molecule has 0 spiro atoms. The van der Waals surface area contributed by atoms with Gasteiger partial charge < -0.3 is 10.8 Å². The van der Waals surface area contributed by atoms with E-state index in [1.807, 2.05) is 6.07 Å². The predicted molar refractivity (Wildman–Crippen MR) is 79.6 cm³/mol. The molecule has 0 saturated heterocycles. The van der Waals surface area contributed by atoms with E-state index in [1.165, 1.54) is 0 Å². The van der Waals surface area contributed by atoms with Gasteiger partial charge in [-0.25, -0.2) is 0 Å². The molecule has 4 heteroatoms. The lowest BCUT2D eigenvalue weighted by Gasteiger charge is -2.34. The number of nitrogens with two attached hydrogens (primary N) is 1. The third-order valence-electron chi connectivity index (χ3n) is 3.55. The van der Waals surface area contributed by atoms with E-state index < -0.39 is 0 Å². The van der Waals surface area contributed by atoms with Crippen LogP contribution in [0.5, 0.6) is 5.75 Å². The molecule has 0 atom stereocenters. The van der Waals surface area contributed by atoms with E-state index >= 15 is 0 Å². The number of fused-ring (bicyclic) bond motifs is 1. The quantitative estimate of drug-likeness (QED) is 0.630. The van der Waals surface area contributed by atoms with Gasteiger partial charge in [0.2, 0.25) is 0 Å². The van der Waals surface area contributed by atoms with Gasteiger partial charge in [-0.15, -0.1) is 0 Å². The van der Waals surface area contributed by atoms with Crippen molar-refractivity contribution in [2.24, 2.45) is 21.1 Å². The third kappa shape index (κ3) is 2.14. The summed E-state index contributed by atoms with van der Waals surface area (Å²) in [5.41, 5.74) is 9.54. The van der Waals surface area contributed by atoms with Crippen LogP contribution in [0.15, 0.2) is 33.8 Å². The first-order valence-corrected chi connectivity index (χ1v) is 6.17. The van der Waals surface area contributed by atoms with E-state index in [2.05, 4.69) is 30.5 Å². The molecule has 4 nitrogen and oxygen atoms in total. The fourth-order valence-corrected chi connectivity index (χ4v) is 2.72. The minimum atomic E-state index is -0.194. The molecule has 0 aromatic heterocycles. The largest absolute Gasteiger partial charge is 0.508 e. The molecular weight excluding hydrogens is 238 g/mol. The summed E-state index contributed by atoms with van der Waals surface area (Å²) in [6.45, 7) is 7.85. The highest BCUT2D eigenvalue weighted by atomic mass is 16.3. The van der Waals surface area contributed by atoms with Crippen LogP contribution in [0.4, 0.5) is 0 Å². The van der Waals surface area contributed by atoms with Crippen LogP contribution < -0.4 is 5.73 Å². The molecule has 1 aliphatic rings. The lowest BCUT2D eigenvalue weighted by Crippen LogP contribution is -2.32. The van der Waals surface area contributed by atoms with Gasteiger partial charge in [0, 0.05) is 18.2 Å². The second kappa shape index (κ2) is 4.53. The Morgan fingerprint density at radius 1 is 1.42 bits per heavy atom. The Kier molecular flexibility index (Phi) is 3.18. The molecule has 2 rings (SSSR count). The highest BCUT2D eigenvalue weighted by molar-refractivity contribution is 6.06. The van der Waals surface area contributed by atoms with Crippen LogP contribution in [-0.4, -0.2) is 24.7 Å². The summed E-state index contributed by atoms with van der Waals surface area (Å²) in [5.74, 6) is 0.754. The first-order chi connectivity index (χ1) is 8.90. The Balaban J connectivity index is 2.78. The number of aliphatic imine (C=N–C) groups is 2. The van der Waals surface area contributed by atoms with E-state index in [1.54, 1.807) is 19.2 Å². The van der Waals surface area contributed by atoms with Crippen LogP contribution in [0, 0.1) is 5.41 Å². The van der Waals surface area contributed by atoms with Crippen LogP contribution in [0.2, 0.25) is 0 Å². The molecule has 1 aliphatic carbocycles. The Morgan fingerprint density at radius 3 is 2.68 bits per heavy atom. The van der Waals surface area contributed by atoms with Crippen molar-refractivity contribution >= 4 is 18.3 Å². The molecule has 19 heavy (non-hydrogen) atoms. The van der Waals surface area contributed by atoms with Crippen molar-refractivity contribution < 1.29 is 5.11 Å². The molecule has 0 aliphatic heterocycles. The monoisotopic (exact) mass is 257 g/mol. The van der Waals surface area contributed by atoms with Crippen LogP contribution in [-0.2, 0) is 6.42 Å². The summed E-state index contributed by atoms with van der Waals surface area (Å²) in [6, 6.07) is 5.28. The molecule has 0 amide bonds. The van der Waals surface area contributed by atoms with Crippen molar-refractivity contribution in [1.82, 2.24) is 0 Å². The molecule has 1 aromatic rings. The average molecular weight is 257 g/mol. The van der Waals surface area contributed by atoms with Crippen molar-refractivity contribution in [3.63, 3.8) is 0 Å². The van der Waals surface area contributed by atoms with Crippen LogP contribution in [0.1, 0.15) is 25.0 Å². The minimum absolute atomic E-state index is 0.194. The number of hydrogen-bond donors (Lipinski definition) is 2. The van der Waals surface area contributed by atoms with Gasteiger partial charge >= 0.3 is 0 Å². The van der Waals surface area contributed by atoms with Crippen LogP contribution >= 0.6 is 0 Å². The Bertz CT molecular complexity index is 597. The normalized spacial score (nSPS) is 18.2. The second-order valence-corrected chi connectivity index (χ2v) is 5.39. The summed E-state index contributed by atoms with van der Waals surface area (Å²) in [5, 5.41) is 9.63. The number of aromatic hydroxyl groups is 1. The Morgan fingerprint density at radius 2 is 2.11 bits per heavy atom. The first kappa shape index (κ1) is 13.3. The van der Waals surface area contributed by atoms with Gasteiger partial charge in [0.05, 0.1) is 5.70 Å². The zero-order valence-electron chi connectivity index (χ0n) is 11.6. The lowest BCUT2D eigenvalue weighted by molar-refractivity contribution is 0.447. The molecule has 0 fully saturated rings. The minimum Gasteiger partial charge on any atom is -0.508 e. The lowest BCUT2D eigenvalue weighted by atomic mass is 9.71. The number of amidine groups is 1. The standard InChI is InChI=1S/C15H19N3O/c1-15(2)8-9-7-10(19)5-6-11(9)13(17-3)12(15)14(16)18-4/h5-7,19H,3,8H2,1-2,4H3,(H2,16,18). The SMILES string of the molecule is C=NC1=C(C(N)=NC)C(C)(C)Cc2cc(O)ccc21. The smallest absolute Gasteiger partial charge is 0.123 e. The fraction of sp³-hybridized carbons (Fsp3) is 0.333. The number of hydrogen-bond acceptors (Lipinski definition) is 3. The van der Waals surface area contributed by atoms with E-state index in [9.17, 15) is 5.11 Å². The molecular formula is C15H19N3O. The summed E-state index contributed by atoms with van der Waals surface area (Å²) < 4.78 is 0. The maximum absolute atomic E-state index is 9.63. The van der Waals surface area contributed by atoms with E-state index in [0.29, 0.717) is 5.84 Å². The van der Waals surface area contributed by atoms with Crippen molar-refractivity contribution in [3.8, 4) is 5.75 Å². The average Bonchev–Trinajstić information content (AvgIpc) is 2.34. The summed E-state index contributed by atoms with van der Waals surface area (Å²) in [7, 11) is 1.67. The van der Waals surface area contributed by atoms with Crippen molar-refractivity contribution in [3.05, 3.63) is 34.9 Å². The van der Waals surface area contributed by atoms with Crippen molar-refractivity contribution in [1.29, 1.82) is 0 Å². The van der Waals surface area contributed by atoms with Gasteiger partial charge in [-0.3, -0.25) is 9.98 Å². The Labute approximate surface area is 113 Å². The molecule has 0 saturated carbocycles. The predicted octanol–water partition coefficient (Wildman–Crippen LogP) is 2.37. The molecule has 3 N–H and O–H groups in total. The van der Waals surface area contributed by atoms with Gasteiger partial charge in [0.25, 0.3) is 0 Å². The van der Waals surface area contributed by atoms with Gasteiger partial charge in [0.15, 0.2) is 0 Å². The molecule has 1 aromatic carbocycles. The highest BCUT2D eigenvalue weighted by Gasteiger charge is 2.35. The Hall–Kier alpha value is -2.10. The second-order valence-electron chi connectivity index (χ2n) is 5.39. The summed E-state index contributed by atoms with van der Waals surface area (Å²) in [4.78, 5) is 8.25. The zero-order chi connectivity index (χ0) is 14.2. The fourth-order valence-electron chi connectivity index (χ4n) is 2.72. The van der Waals surface area contributed by atoms with Crippen LogP contribution in [0.3, 0.4) is 0 Å². The first-order valence-electron chi connectivity index (χ1n) is 6.17. The summed E-state index contributed by atoms with van der Waals surface area (Å²) >= 11 is 0. The van der Waals surface area contributed by atoms with Gasteiger partial charge in [0.1, 0.15) is 11.6 Å². The van der Waals surface area contributed by atoms with Crippen molar-refractivity contribution in [2.45, 2.75) is 20.3 Å². The number of phenolic OH excluding ortho intramolecular Hbond substituents is 1. The molecule has 0 bridgehead atoms. The topological polar surface area (TPSA) is 71.0 Å². The van der Waals surface area contributed by atoms with Gasteiger partial charge in [-0.2, -0.15) is 0 Å². The van der Waals surface area contributed by atoms with E-state index in [4.69, 9.17) is 5.73 Å². The molecule has 0 radical (unpaired) electrons. The molecule has 100 valence electrons. The van der Waals surface area contributed by atoms with Crippen molar-refractivity contribution in [2.75, 3.05) is 7.05 Å². The molecule has 0 unspecified atom stereocenters. The highest BCUT2D eigenvalue weighted by Crippen LogP contribution is 2.43. The zero-order valence-corrected chi connectivity index (χ0v) is 11.6. The molecule has 0 heterocycles. The maximum atomic E-state index is 9.63. The van der Waals surface area contributed by atoms with Crippen LogP contribution in [0.25, 0.3) is 5.70 Å². The summed E-state index contributed by atoms with van der Waals surface area (Å²) in [6.07, 6.45) is 0.779. The van der Waals surface area contributed by atoms with Gasteiger partial charge in [-0.05, 0) is 42.3 Å². The number of phenols is 1. The maximum Gasteiger partial charge on any atom is 0.123 e.